The molecule has 4 heteroatoms. The Morgan fingerprint density at radius 3 is 2.93 bits per heavy atom. The van der Waals surface area contributed by atoms with Crippen LogP contribution in [0.5, 0.6) is 0 Å². The molecule has 1 N–H and O–H groups in total. The number of piperazine rings is 1. The quantitative estimate of drug-likeness (QED) is 0.653. The normalized spacial score (nSPS) is 29.4. The van der Waals surface area contributed by atoms with Gasteiger partial charge in [-0.05, 0) is 7.05 Å². The Balaban J connectivity index is 1.84. The van der Waals surface area contributed by atoms with Crippen molar-refractivity contribution in [1.29, 1.82) is 0 Å². The first-order valence-corrected chi connectivity index (χ1v) is 5.42. The van der Waals surface area contributed by atoms with Crippen LogP contribution < -0.4 is 5.32 Å². The zero-order valence-corrected chi connectivity index (χ0v) is 9.16. The number of rotatable bonds is 2. The molecule has 4 nitrogen and oxygen atoms in total. The van der Waals surface area contributed by atoms with E-state index < -0.39 is 0 Å². The molecule has 0 aromatic carbocycles. The second-order valence-electron chi connectivity index (χ2n) is 4.34. The van der Waals surface area contributed by atoms with E-state index in [0.29, 0.717) is 6.04 Å². The van der Waals surface area contributed by atoms with E-state index in [1.165, 1.54) is 12.4 Å². The number of likely N-dealkylation sites (N-methyl/N-ethyl adjacent to an activating group) is 2. The fraction of sp³-hybridized carbons (Fsp3) is 0.900. The third-order valence-electron chi connectivity index (χ3n) is 3.06. The maximum atomic E-state index is 4.52. The highest BCUT2D eigenvalue weighted by atomic mass is 15.2. The Morgan fingerprint density at radius 2 is 2.29 bits per heavy atom. The summed E-state index contributed by atoms with van der Waals surface area (Å²) in [5.41, 5.74) is 0. The summed E-state index contributed by atoms with van der Waals surface area (Å²) in [6.45, 7) is 5.50. The first kappa shape index (κ1) is 9.93. The van der Waals surface area contributed by atoms with E-state index in [4.69, 9.17) is 0 Å². The third-order valence-corrected chi connectivity index (χ3v) is 3.06. The van der Waals surface area contributed by atoms with Crippen LogP contribution in [0.1, 0.15) is 6.42 Å². The minimum atomic E-state index is 0.591. The van der Waals surface area contributed by atoms with E-state index in [0.717, 1.165) is 32.6 Å². The summed E-state index contributed by atoms with van der Waals surface area (Å²) >= 11 is 0. The average molecular weight is 196 g/mol. The van der Waals surface area contributed by atoms with Crippen LogP contribution in [0.4, 0.5) is 0 Å². The zero-order valence-electron chi connectivity index (χ0n) is 9.16. The first-order valence-electron chi connectivity index (χ1n) is 5.42. The summed E-state index contributed by atoms with van der Waals surface area (Å²) in [5.74, 6) is 1.28. The lowest BCUT2D eigenvalue weighted by Gasteiger charge is -2.31. The summed E-state index contributed by atoms with van der Waals surface area (Å²) < 4.78 is 0. The predicted molar refractivity (Wildman–Crippen MR) is 58.8 cm³/mol. The van der Waals surface area contributed by atoms with Crippen molar-refractivity contribution >= 4 is 5.84 Å². The highest BCUT2D eigenvalue weighted by Gasteiger charge is 2.21. The minimum Gasteiger partial charge on any atom is -0.362 e. The molecule has 80 valence electrons. The Bertz CT molecular complexity index is 226. The molecule has 1 unspecified atom stereocenters. The summed E-state index contributed by atoms with van der Waals surface area (Å²) in [5, 5.41) is 3.55. The Morgan fingerprint density at radius 1 is 1.43 bits per heavy atom. The molecule has 1 saturated heterocycles. The van der Waals surface area contributed by atoms with Gasteiger partial charge in [0.05, 0.1) is 6.54 Å². The van der Waals surface area contributed by atoms with Crippen molar-refractivity contribution in [3.05, 3.63) is 0 Å². The number of nitrogens with zero attached hydrogens (tertiary/aromatic N) is 3. The van der Waals surface area contributed by atoms with Crippen molar-refractivity contribution in [2.24, 2.45) is 4.99 Å². The Kier molecular flexibility index (Phi) is 3.03. The van der Waals surface area contributed by atoms with Crippen LogP contribution >= 0.6 is 0 Å². The van der Waals surface area contributed by atoms with Gasteiger partial charge in [-0.1, -0.05) is 0 Å². The summed E-state index contributed by atoms with van der Waals surface area (Å²) in [6.07, 6.45) is 1.08. The van der Waals surface area contributed by atoms with Gasteiger partial charge in [0.2, 0.25) is 0 Å². The maximum Gasteiger partial charge on any atom is 0.100 e. The number of aliphatic imine (C=N–C) groups is 1. The van der Waals surface area contributed by atoms with Crippen molar-refractivity contribution < 1.29 is 0 Å². The molecule has 0 radical (unpaired) electrons. The lowest BCUT2D eigenvalue weighted by Crippen LogP contribution is -2.50. The highest BCUT2D eigenvalue weighted by Crippen LogP contribution is 2.07. The van der Waals surface area contributed by atoms with Gasteiger partial charge in [0.1, 0.15) is 5.84 Å². The molecule has 0 amide bonds. The van der Waals surface area contributed by atoms with Crippen LogP contribution in [0.2, 0.25) is 0 Å². The first-order chi connectivity index (χ1) is 6.75. The molecule has 2 aliphatic heterocycles. The van der Waals surface area contributed by atoms with Gasteiger partial charge in [-0.2, -0.15) is 0 Å². The second kappa shape index (κ2) is 4.28. The second-order valence-corrected chi connectivity index (χ2v) is 4.34. The monoisotopic (exact) mass is 196 g/mol. The Labute approximate surface area is 86.0 Å². The molecule has 1 atom stereocenters. The van der Waals surface area contributed by atoms with Crippen LogP contribution in [0.15, 0.2) is 4.99 Å². The van der Waals surface area contributed by atoms with Gasteiger partial charge in [-0.15, -0.1) is 0 Å². The van der Waals surface area contributed by atoms with Crippen LogP contribution in [0.3, 0.4) is 0 Å². The van der Waals surface area contributed by atoms with Gasteiger partial charge in [0.15, 0.2) is 0 Å². The molecule has 2 rings (SSSR count). The van der Waals surface area contributed by atoms with Gasteiger partial charge in [0.25, 0.3) is 0 Å². The summed E-state index contributed by atoms with van der Waals surface area (Å²) in [6, 6.07) is 0.591. The molecule has 2 aliphatic rings. The largest absolute Gasteiger partial charge is 0.362 e. The molecule has 0 bridgehead atoms. The molecule has 1 fully saturated rings. The molecule has 14 heavy (non-hydrogen) atoms. The van der Waals surface area contributed by atoms with Crippen LogP contribution in [-0.4, -0.2) is 68.5 Å². The third kappa shape index (κ3) is 2.25. The van der Waals surface area contributed by atoms with Crippen molar-refractivity contribution in [3.8, 4) is 0 Å². The minimum absolute atomic E-state index is 0.591. The fourth-order valence-corrected chi connectivity index (χ4v) is 2.15. The van der Waals surface area contributed by atoms with E-state index in [1.54, 1.807) is 0 Å². The zero-order chi connectivity index (χ0) is 9.97. The topological polar surface area (TPSA) is 30.9 Å². The van der Waals surface area contributed by atoms with E-state index in [-0.39, 0.29) is 0 Å². The lowest BCUT2D eigenvalue weighted by molar-refractivity contribution is 0.240. The van der Waals surface area contributed by atoms with Gasteiger partial charge < -0.3 is 15.1 Å². The number of nitrogens with one attached hydrogen (secondary N) is 1. The molecule has 0 saturated carbocycles. The Hall–Kier alpha value is -0.610. The van der Waals surface area contributed by atoms with Crippen molar-refractivity contribution in [2.45, 2.75) is 12.5 Å². The van der Waals surface area contributed by atoms with Crippen LogP contribution in [-0.2, 0) is 0 Å². The number of hydrogen-bond donors (Lipinski definition) is 1. The average Bonchev–Trinajstić information content (AvgIpc) is 2.52. The fourth-order valence-electron chi connectivity index (χ4n) is 2.15. The number of hydrogen-bond acceptors (Lipinski definition) is 4. The molecular weight excluding hydrogens is 176 g/mol. The molecule has 0 spiro atoms. The number of amidine groups is 1. The standard InChI is InChI=1S/C10H20N4/c1-13-5-3-11-9(8-13)7-10-12-4-6-14(10)2/h9,11H,3-8H2,1-2H3. The van der Waals surface area contributed by atoms with Crippen molar-refractivity contribution in [3.63, 3.8) is 0 Å². The van der Waals surface area contributed by atoms with Crippen LogP contribution in [0.25, 0.3) is 0 Å². The van der Waals surface area contributed by atoms with Gasteiger partial charge >= 0.3 is 0 Å². The molecule has 0 aliphatic carbocycles. The molecular formula is C10H20N4. The highest BCUT2D eigenvalue weighted by molar-refractivity contribution is 5.84. The van der Waals surface area contributed by atoms with Gasteiger partial charge in [0, 0.05) is 45.7 Å². The molecule has 0 aromatic heterocycles. The smallest absolute Gasteiger partial charge is 0.100 e. The van der Waals surface area contributed by atoms with E-state index in [9.17, 15) is 0 Å². The van der Waals surface area contributed by atoms with Gasteiger partial charge in [-0.3, -0.25) is 4.99 Å². The van der Waals surface area contributed by atoms with E-state index in [1.807, 2.05) is 0 Å². The summed E-state index contributed by atoms with van der Waals surface area (Å²) in [4.78, 5) is 9.18. The van der Waals surface area contributed by atoms with Gasteiger partial charge in [-0.25, -0.2) is 0 Å². The SMILES string of the molecule is CN1CCNC(CC2=NCCN2C)C1. The molecule has 0 aromatic rings. The lowest BCUT2D eigenvalue weighted by atomic mass is 10.1. The van der Waals surface area contributed by atoms with Crippen molar-refractivity contribution in [2.75, 3.05) is 46.8 Å². The van der Waals surface area contributed by atoms with Crippen LogP contribution in [0, 0.1) is 0 Å². The predicted octanol–water partition coefficient (Wildman–Crippen LogP) is -0.376. The van der Waals surface area contributed by atoms with E-state index >= 15 is 0 Å². The maximum absolute atomic E-state index is 4.52. The summed E-state index contributed by atoms with van der Waals surface area (Å²) in [7, 11) is 4.33. The molecule has 2 heterocycles. The van der Waals surface area contributed by atoms with Crippen molar-refractivity contribution in [1.82, 2.24) is 15.1 Å². The van der Waals surface area contributed by atoms with E-state index in [2.05, 4.69) is 34.2 Å².